The second-order valence-corrected chi connectivity index (χ2v) is 5.24. The van der Waals surface area contributed by atoms with E-state index in [0.29, 0.717) is 12.6 Å². The van der Waals surface area contributed by atoms with Crippen molar-refractivity contribution in [1.82, 2.24) is 4.90 Å². The number of aliphatic hydroxyl groups excluding tert-OH is 1. The predicted molar refractivity (Wildman–Crippen MR) is 62.9 cm³/mol. The van der Waals surface area contributed by atoms with Gasteiger partial charge in [-0.1, -0.05) is 25.7 Å². The number of hydrogen-bond donors (Lipinski definition) is 1. The molecule has 0 amide bonds. The van der Waals surface area contributed by atoms with E-state index in [4.69, 9.17) is 0 Å². The van der Waals surface area contributed by atoms with Crippen LogP contribution in [0.5, 0.6) is 0 Å². The first-order chi connectivity index (χ1) is 7.42. The number of aliphatic hydroxyl groups is 1. The van der Waals surface area contributed by atoms with Crippen LogP contribution in [0.4, 0.5) is 0 Å². The lowest BCUT2D eigenvalue weighted by Gasteiger charge is -2.39. The Hall–Kier alpha value is -0.0800. The maximum absolute atomic E-state index is 9.59. The summed E-state index contributed by atoms with van der Waals surface area (Å²) in [7, 11) is 0. The van der Waals surface area contributed by atoms with Crippen LogP contribution in [0.15, 0.2) is 0 Å². The van der Waals surface area contributed by atoms with Gasteiger partial charge in [0.15, 0.2) is 0 Å². The van der Waals surface area contributed by atoms with Gasteiger partial charge in [0, 0.05) is 6.04 Å². The van der Waals surface area contributed by atoms with Crippen LogP contribution in [0.3, 0.4) is 0 Å². The summed E-state index contributed by atoms with van der Waals surface area (Å²) >= 11 is 0. The van der Waals surface area contributed by atoms with Crippen molar-refractivity contribution in [3.8, 4) is 0 Å². The molecule has 2 aliphatic rings. The Morgan fingerprint density at radius 2 is 1.53 bits per heavy atom. The van der Waals surface area contributed by atoms with Crippen LogP contribution < -0.4 is 0 Å². The molecular weight excluding hydrogens is 186 g/mol. The van der Waals surface area contributed by atoms with E-state index in [1.54, 1.807) is 0 Å². The number of likely N-dealkylation sites (tertiary alicyclic amines) is 1. The Bertz CT molecular complexity index is 153. The Morgan fingerprint density at radius 3 is 2.13 bits per heavy atom. The quantitative estimate of drug-likeness (QED) is 0.775. The van der Waals surface area contributed by atoms with E-state index in [9.17, 15) is 5.11 Å². The molecule has 1 atom stereocenters. The molecule has 88 valence electrons. The third-order valence-corrected chi connectivity index (χ3v) is 4.24. The van der Waals surface area contributed by atoms with Crippen molar-refractivity contribution < 1.29 is 5.11 Å². The van der Waals surface area contributed by atoms with Gasteiger partial charge in [-0.15, -0.1) is 0 Å². The molecule has 1 aliphatic carbocycles. The van der Waals surface area contributed by atoms with Crippen molar-refractivity contribution in [2.45, 2.75) is 57.4 Å². The SMILES string of the molecule is OC[C@H](C1CCCCC1)N1CCCCC1. The monoisotopic (exact) mass is 211 g/mol. The molecule has 1 heterocycles. The molecule has 1 saturated carbocycles. The minimum atomic E-state index is 0.380. The van der Waals surface area contributed by atoms with Gasteiger partial charge in [0.05, 0.1) is 6.61 Å². The minimum absolute atomic E-state index is 0.380. The zero-order valence-electron chi connectivity index (χ0n) is 9.83. The van der Waals surface area contributed by atoms with E-state index in [-0.39, 0.29) is 0 Å². The molecule has 1 N–H and O–H groups in total. The molecule has 1 aliphatic heterocycles. The Balaban J connectivity index is 1.88. The van der Waals surface area contributed by atoms with Crippen LogP contribution in [0.1, 0.15) is 51.4 Å². The van der Waals surface area contributed by atoms with Gasteiger partial charge in [0.25, 0.3) is 0 Å². The van der Waals surface area contributed by atoms with Crippen LogP contribution in [0.2, 0.25) is 0 Å². The minimum Gasteiger partial charge on any atom is -0.395 e. The predicted octanol–water partition coefficient (Wildman–Crippen LogP) is 2.41. The Labute approximate surface area is 93.7 Å². The molecule has 2 fully saturated rings. The van der Waals surface area contributed by atoms with E-state index in [2.05, 4.69) is 4.90 Å². The maximum atomic E-state index is 9.59. The first kappa shape index (κ1) is 11.4. The molecular formula is C13H25NO. The van der Waals surface area contributed by atoms with Gasteiger partial charge in [-0.2, -0.15) is 0 Å². The van der Waals surface area contributed by atoms with E-state index in [1.807, 2.05) is 0 Å². The van der Waals surface area contributed by atoms with Crippen molar-refractivity contribution in [2.24, 2.45) is 5.92 Å². The highest BCUT2D eigenvalue weighted by atomic mass is 16.3. The molecule has 2 heteroatoms. The molecule has 0 radical (unpaired) electrons. The highest BCUT2D eigenvalue weighted by molar-refractivity contribution is 4.82. The number of hydrogen-bond acceptors (Lipinski definition) is 2. The molecule has 0 aromatic heterocycles. The number of nitrogens with zero attached hydrogens (tertiary/aromatic N) is 1. The highest BCUT2D eigenvalue weighted by Crippen LogP contribution is 2.30. The summed E-state index contributed by atoms with van der Waals surface area (Å²) in [6.07, 6.45) is 10.9. The van der Waals surface area contributed by atoms with Gasteiger partial charge in [-0.25, -0.2) is 0 Å². The van der Waals surface area contributed by atoms with Crippen molar-refractivity contribution in [1.29, 1.82) is 0 Å². The van der Waals surface area contributed by atoms with Crippen LogP contribution in [0, 0.1) is 5.92 Å². The Kier molecular flexibility index (Phi) is 4.45. The summed E-state index contributed by atoms with van der Waals surface area (Å²) in [5.41, 5.74) is 0. The Morgan fingerprint density at radius 1 is 0.933 bits per heavy atom. The number of piperidine rings is 1. The third kappa shape index (κ3) is 2.94. The maximum Gasteiger partial charge on any atom is 0.0589 e. The lowest BCUT2D eigenvalue weighted by atomic mass is 9.83. The van der Waals surface area contributed by atoms with Gasteiger partial charge >= 0.3 is 0 Å². The van der Waals surface area contributed by atoms with Crippen molar-refractivity contribution >= 4 is 0 Å². The van der Waals surface area contributed by atoms with Gasteiger partial charge in [0.2, 0.25) is 0 Å². The molecule has 1 saturated heterocycles. The van der Waals surface area contributed by atoms with E-state index in [1.165, 1.54) is 64.5 Å². The second-order valence-electron chi connectivity index (χ2n) is 5.24. The van der Waals surface area contributed by atoms with Crippen molar-refractivity contribution in [3.63, 3.8) is 0 Å². The van der Waals surface area contributed by atoms with Gasteiger partial charge in [-0.05, 0) is 44.7 Å². The molecule has 0 bridgehead atoms. The summed E-state index contributed by atoms with van der Waals surface area (Å²) in [4.78, 5) is 2.56. The fraction of sp³-hybridized carbons (Fsp3) is 1.00. The van der Waals surface area contributed by atoms with Gasteiger partial charge in [0.1, 0.15) is 0 Å². The van der Waals surface area contributed by atoms with Crippen LogP contribution >= 0.6 is 0 Å². The summed E-state index contributed by atoms with van der Waals surface area (Å²) in [5.74, 6) is 0.779. The van der Waals surface area contributed by atoms with Crippen LogP contribution in [-0.2, 0) is 0 Å². The highest BCUT2D eigenvalue weighted by Gasteiger charge is 2.28. The molecule has 0 aromatic carbocycles. The average Bonchev–Trinajstić information content (AvgIpc) is 2.33. The zero-order chi connectivity index (χ0) is 10.5. The summed E-state index contributed by atoms with van der Waals surface area (Å²) in [6.45, 7) is 2.83. The molecule has 15 heavy (non-hydrogen) atoms. The topological polar surface area (TPSA) is 23.5 Å². The molecule has 0 spiro atoms. The summed E-state index contributed by atoms with van der Waals surface area (Å²) < 4.78 is 0. The zero-order valence-corrected chi connectivity index (χ0v) is 9.83. The molecule has 0 aromatic rings. The lowest BCUT2D eigenvalue weighted by molar-refractivity contribution is 0.0514. The van der Waals surface area contributed by atoms with E-state index >= 15 is 0 Å². The largest absolute Gasteiger partial charge is 0.395 e. The van der Waals surface area contributed by atoms with Gasteiger partial charge in [-0.3, -0.25) is 4.90 Å². The summed E-state index contributed by atoms with van der Waals surface area (Å²) in [5, 5.41) is 9.59. The third-order valence-electron chi connectivity index (χ3n) is 4.24. The molecule has 0 unspecified atom stereocenters. The van der Waals surface area contributed by atoms with Gasteiger partial charge < -0.3 is 5.11 Å². The van der Waals surface area contributed by atoms with Crippen molar-refractivity contribution in [2.75, 3.05) is 19.7 Å². The van der Waals surface area contributed by atoms with Crippen LogP contribution in [0.25, 0.3) is 0 Å². The summed E-state index contributed by atoms with van der Waals surface area (Å²) in [6, 6.07) is 0.477. The average molecular weight is 211 g/mol. The smallest absolute Gasteiger partial charge is 0.0589 e. The van der Waals surface area contributed by atoms with Crippen molar-refractivity contribution in [3.05, 3.63) is 0 Å². The lowest BCUT2D eigenvalue weighted by Crippen LogP contribution is -2.46. The molecule has 2 nitrogen and oxygen atoms in total. The normalized spacial score (nSPS) is 27.8. The standard InChI is InChI=1S/C13H25NO/c15-11-13(12-7-3-1-4-8-12)14-9-5-2-6-10-14/h12-13,15H,1-11H2/t13-/m1/s1. The number of rotatable bonds is 3. The first-order valence-electron chi connectivity index (χ1n) is 6.76. The van der Waals surface area contributed by atoms with Crippen LogP contribution in [-0.4, -0.2) is 35.7 Å². The van der Waals surface area contributed by atoms with E-state index in [0.717, 1.165) is 5.92 Å². The molecule has 2 rings (SSSR count). The van der Waals surface area contributed by atoms with E-state index < -0.39 is 0 Å². The second kappa shape index (κ2) is 5.86. The first-order valence-corrected chi connectivity index (χ1v) is 6.76. The fourth-order valence-electron chi connectivity index (χ4n) is 3.33. The fourth-order valence-corrected chi connectivity index (χ4v) is 3.33.